The Morgan fingerprint density at radius 3 is 2.74 bits per heavy atom. The molecule has 3 rings (SSSR count). The van der Waals surface area contributed by atoms with Crippen molar-refractivity contribution < 1.29 is 4.79 Å². The summed E-state index contributed by atoms with van der Waals surface area (Å²) in [6, 6.07) is 15.2. The Morgan fingerprint density at radius 2 is 2.00 bits per heavy atom. The second kappa shape index (κ2) is 6.47. The number of benzene rings is 2. The summed E-state index contributed by atoms with van der Waals surface area (Å²) in [5.74, 6) is 2.30. The number of thiazole rings is 1. The Hall–Kier alpha value is -2.90. The molecule has 1 N–H and O–H groups in total. The SMILES string of the molecule is C#Cc1cccc(NC(=O)c2csc(-c3ccc(C)cc3)n2)c1. The van der Waals surface area contributed by atoms with Gasteiger partial charge in [-0.25, -0.2) is 4.98 Å². The Bertz CT molecular complexity index is 888. The van der Waals surface area contributed by atoms with Gasteiger partial charge in [-0.2, -0.15) is 0 Å². The standard InChI is InChI=1S/C19H14N2OS/c1-3-14-5-4-6-16(11-14)20-18(22)17-12-23-19(21-17)15-9-7-13(2)8-10-15/h1,4-12H,2H3,(H,20,22). The van der Waals surface area contributed by atoms with E-state index < -0.39 is 0 Å². The maximum absolute atomic E-state index is 12.3. The van der Waals surface area contributed by atoms with Crippen LogP contribution in [-0.4, -0.2) is 10.9 Å². The van der Waals surface area contributed by atoms with Gasteiger partial charge in [0.2, 0.25) is 0 Å². The van der Waals surface area contributed by atoms with E-state index in [2.05, 4.69) is 16.2 Å². The molecule has 0 aliphatic rings. The van der Waals surface area contributed by atoms with Crippen LogP contribution in [0.5, 0.6) is 0 Å². The van der Waals surface area contributed by atoms with E-state index >= 15 is 0 Å². The highest BCUT2D eigenvalue weighted by Gasteiger charge is 2.12. The Labute approximate surface area is 139 Å². The average Bonchev–Trinajstić information content (AvgIpc) is 3.06. The van der Waals surface area contributed by atoms with E-state index in [1.165, 1.54) is 16.9 Å². The molecule has 0 bridgehead atoms. The molecule has 0 saturated carbocycles. The maximum Gasteiger partial charge on any atom is 0.275 e. The monoisotopic (exact) mass is 318 g/mol. The number of hydrogen-bond donors (Lipinski definition) is 1. The van der Waals surface area contributed by atoms with E-state index in [1.807, 2.05) is 43.3 Å². The molecule has 1 heterocycles. The van der Waals surface area contributed by atoms with Gasteiger partial charge in [0, 0.05) is 22.2 Å². The lowest BCUT2D eigenvalue weighted by Crippen LogP contribution is -2.12. The third-order valence-corrected chi connectivity index (χ3v) is 4.21. The van der Waals surface area contributed by atoms with Crippen LogP contribution in [-0.2, 0) is 0 Å². The summed E-state index contributed by atoms with van der Waals surface area (Å²) in [4.78, 5) is 16.7. The number of aryl methyl sites for hydroxylation is 1. The van der Waals surface area contributed by atoms with Gasteiger partial charge in [0.15, 0.2) is 0 Å². The van der Waals surface area contributed by atoms with E-state index in [1.54, 1.807) is 17.5 Å². The van der Waals surface area contributed by atoms with Crippen molar-refractivity contribution in [1.29, 1.82) is 0 Å². The van der Waals surface area contributed by atoms with Crippen LogP contribution >= 0.6 is 11.3 Å². The molecule has 112 valence electrons. The molecule has 0 atom stereocenters. The van der Waals surface area contributed by atoms with E-state index in [4.69, 9.17) is 6.42 Å². The quantitative estimate of drug-likeness (QED) is 0.729. The molecule has 3 aromatic rings. The van der Waals surface area contributed by atoms with Gasteiger partial charge in [-0.15, -0.1) is 17.8 Å². The number of carbonyl (C=O) groups is 1. The largest absolute Gasteiger partial charge is 0.321 e. The first kappa shape index (κ1) is 15.0. The predicted octanol–water partition coefficient (Wildman–Crippen LogP) is 4.35. The number of nitrogens with zero attached hydrogens (tertiary/aromatic N) is 1. The van der Waals surface area contributed by atoms with Gasteiger partial charge >= 0.3 is 0 Å². The highest BCUT2D eigenvalue weighted by atomic mass is 32.1. The molecule has 0 saturated heterocycles. The lowest BCUT2D eigenvalue weighted by Gasteiger charge is -2.03. The molecule has 1 aromatic heterocycles. The Kier molecular flexibility index (Phi) is 4.22. The van der Waals surface area contributed by atoms with Gasteiger partial charge in [-0.1, -0.05) is 41.8 Å². The minimum absolute atomic E-state index is 0.242. The molecule has 0 spiro atoms. The minimum Gasteiger partial charge on any atom is -0.321 e. The highest BCUT2D eigenvalue weighted by molar-refractivity contribution is 7.13. The normalized spacial score (nSPS) is 10.1. The van der Waals surface area contributed by atoms with Crippen LogP contribution in [0, 0.1) is 19.3 Å². The van der Waals surface area contributed by atoms with Gasteiger partial charge in [-0.3, -0.25) is 4.79 Å². The number of carbonyl (C=O) groups excluding carboxylic acids is 1. The van der Waals surface area contributed by atoms with Crippen molar-refractivity contribution in [3.05, 3.63) is 70.7 Å². The molecule has 0 radical (unpaired) electrons. The molecule has 4 heteroatoms. The van der Waals surface area contributed by atoms with Crippen LogP contribution in [0.15, 0.2) is 53.9 Å². The van der Waals surface area contributed by atoms with Crippen molar-refractivity contribution in [3.63, 3.8) is 0 Å². The third-order valence-electron chi connectivity index (χ3n) is 3.32. The molecule has 1 amide bonds. The first-order valence-electron chi connectivity index (χ1n) is 7.06. The van der Waals surface area contributed by atoms with Crippen molar-refractivity contribution in [1.82, 2.24) is 4.98 Å². The first-order chi connectivity index (χ1) is 11.2. The van der Waals surface area contributed by atoms with E-state index in [-0.39, 0.29) is 5.91 Å². The van der Waals surface area contributed by atoms with Crippen LogP contribution in [0.25, 0.3) is 10.6 Å². The number of amides is 1. The summed E-state index contributed by atoms with van der Waals surface area (Å²) in [5.41, 5.74) is 3.99. The summed E-state index contributed by atoms with van der Waals surface area (Å²) in [6.45, 7) is 2.04. The summed E-state index contributed by atoms with van der Waals surface area (Å²) in [6.07, 6.45) is 5.37. The maximum atomic E-state index is 12.3. The number of hydrogen-bond acceptors (Lipinski definition) is 3. The summed E-state index contributed by atoms with van der Waals surface area (Å²) >= 11 is 1.45. The van der Waals surface area contributed by atoms with Gasteiger partial charge < -0.3 is 5.32 Å². The Balaban J connectivity index is 1.78. The minimum atomic E-state index is -0.242. The Morgan fingerprint density at radius 1 is 1.22 bits per heavy atom. The fourth-order valence-electron chi connectivity index (χ4n) is 2.09. The lowest BCUT2D eigenvalue weighted by molar-refractivity contribution is 0.102. The molecule has 0 aliphatic carbocycles. The molecule has 0 unspecified atom stereocenters. The number of nitrogens with one attached hydrogen (secondary N) is 1. The molecule has 2 aromatic carbocycles. The third kappa shape index (κ3) is 3.47. The topological polar surface area (TPSA) is 42.0 Å². The zero-order valence-corrected chi connectivity index (χ0v) is 13.4. The smallest absolute Gasteiger partial charge is 0.275 e. The summed E-state index contributed by atoms with van der Waals surface area (Å²) < 4.78 is 0. The van der Waals surface area contributed by atoms with E-state index in [0.717, 1.165) is 16.1 Å². The van der Waals surface area contributed by atoms with Crippen molar-refractivity contribution >= 4 is 22.9 Å². The molecule has 0 aliphatic heterocycles. The lowest BCUT2D eigenvalue weighted by atomic mass is 10.2. The second-order valence-corrected chi connectivity index (χ2v) is 5.94. The molecule has 0 fully saturated rings. The molecule has 23 heavy (non-hydrogen) atoms. The average molecular weight is 318 g/mol. The molecular formula is C19H14N2OS. The van der Waals surface area contributed by atoms with Crippen LogP contribution in [0.3, 0.4) is 0 Å². The second-order valence-electron chi connectivity index (χ2n) is 5.08. The van der Waals surface area contributed by atoms with Gasteiger partial charge in [0.1, 0.15) is 10.7 Å². The van der Waals surface area contributed by atoms with Crippen molar-refractivity contribution in [2.24, 2.45) is 0 Å². The number of terminal acetylenes is 1. The van der Waals surface area contributed by atoms with Crippen molar-refractivity contribution in [2.45, 2.75) is 6.92 Å². The van der Waals surface area contributed by atoms with Gasteiger partial charge in [0.05, 0.1) is 0 Å². The number of aromatic nitrogens is 1. The first-order valence-corrected chi connectivity index (χ1v) is 7.94. The predicted molar refractivity (Wildman–Crippen MR) is 94.6 cm³/mol. The van der Waals surface area contributed by atoms with Crippen molar-refractivity contribution in [3.8, 4) is 22.9 Å². The zero-order chi connectivity index (χ0) is 16.2. The van der Waals surface area contributed by atoms with Gasteiger partial charge in [-0.05, 0) is 25.1 Å². The van der Waals surface area contributed by atoms with E-state index in [0.29, 0.717) is 11.4 Å². The molecular weight excluding hydrogens is 304 g/mol. The fraction of sp³-hybridized carbons (Fsp3) is 0.0526. The number of anilines is 1. The number of rotatable bonds is 3. The van der Waals surface area contributed by atoms with Crippen LogP contribution in [0.1, 0.15) is 21.6 Å². The van der Waals surface area contributed by atoms with Gasteiger partial charge in [0.25, 0.3) is 5.91 Å². The summed E-state index contributed by atoms with van der Waals surface area (Å²) in [5, 5.41) is 5.40. The van der Waals surface area contributed by atoms with Crippen LogP contribution in [0.4, 0.5) is 5.69 Å². The summed E-state index contributed by atoms with van der Waals surface area (Å²) in [7, 11) is 0. The fourth-order valence-corrected chi connectivity index (χ4v) is 2.89. The van der Waals surface area contributed by atoms with E-state index in [9.17, 15) is 4.79 Å². The van der Waals surface area contributed by atoms with Crippen LogP contribution in [0.2, 0.25) is 0 Å². The van der Waals surface area contributed by atoms with Crippen molar-refractivity contribution in [2.75, 3.05) is 5.32 Å². The highest BCUT2D eigenvalue weighted by Crippen LogP contribution is 2.24. The zero-order valence-electron chi connectivity index (χ0n) is 12.5. The molecule has 3 nitrogen and oxygen atoms in total. The van der Waals surface area contributed by atoms with Crippen LogP contribution < -0.4 is 5.32 Å².